The van der Waals surface area contributed by atoms with Crippen LogP contribution in [0.2, 0.25) is 0 Å². The molecular weight excluding hydrogens is 286 g/mol. The quantitative estimate of drug-likeness (QED) is 0.591. The van der Waals surface area contributed by atoms with Gasteiger partial charge in [-0.05, 0) is 12.1 Å². The molecular formula is C14H17N5OS. The summed E-state index contributed by atoms with van der Waals surface area (Å²) in [5.41, 5.74) is 2.67. The minimum absolute atomic E-state index is 0.706. The van der Waals surface area contributed by atoms with Gasteiger partial charge < -0.3 is 9.64 Å². The second kappa shape index (κ2) is 6.64. The van der Waals surface area contributed by atoms with Crippen molar-refractivity contribution in [2.75, 3.05) is 26.3 Å². The lowest BCUT2D eigenvalue weighted by atomic mass is 10.3. The van der Waals surface area contributed by atoms with Crippen molar-refractivity contribution in [1.82, 2.24) is 14.7 Å². The van der Waals surface area contributed by atoms with Gasteiger partial charge in [0.05, 0.1) is 18.9 Å². The van der Waals surface area contributed by atoms with E-state index in [2.05, 4.69) is 20.0 Å². The summed E-state index contributed by atoms with van der Waals surface area (Å²) in [6.07, 6.45) is 0. The highest BCUT2D eigenvalue weighted by atomic mass is 32.1. The number of ether oxygens (including phenoxy) is 1. The Bertz CT molecular complexity index is 670. The Balaban J connectivity index is 1.99. The van der Waals surface area contributed by atoms with Crippen LogP contribution in [0.25, 0.3) is 0 Å². The number of para-hydroxylation sites is 1. The summed E-state index contributed by atoms with van der Waals surface area (Å²) in [4.78, 5) is 12.3. The Labute approximate surface area is 127 Å². The predicted octanol–water partition coefficient (Wildman–Crippen LogP) is 1.40. The van der Waals surface area contributed by atoms with E-state index in [1.807, 2.05) is 37.4 Å². The first kappa shape index (κ1) is 14.0. The maximum atomic E-state index is 5.41. The van der Waals surface area contributed by atoms with E-state index in [0.717, 1.165) is 23.6 Å². The molecule has 1 aromatic heterocycles. The highest BCUT2D eigenvalue weighted by Crippen LogP contribution is 2.12. The fourth-order valence-electron chi connectivity index (χ4n) is 2.00. The molecule has 1 fully saturated rings. The van der Waals surface area contributed by atoms with E-state index in [-0.39, 0.29) is 0 Å². The monoisotopic (exact) mass is 303 g/mol. The number of aryl methyl sites for hydroxylation is 1. The third-order valence-corrected chi connectivity index (χ3v) is 3.90. The molecule has 1 aromatic carbocycles. The van der Waals surface area contributed by atoms with Crippen LogP contribution in [0.3, 0.4) is 0 Å². The van der Waals surface area contributed by atoms with Gasteiger partial charge in [-0.1, -0.05) is 29.5 Å². The number of rotatable bonds is 1. The van der Waals surface area contributed by atoms with Crippen molar-refractivity contribution in [2.24, 2.45) is 17.0 Å². The number of nitrogens with zero attached hydrogens (tertiary/aromatic N) is 5. The zero-order valence-electron chi connectivity index (χ0n) is 11.8. The fraction of sp³-hybridized carbons (Fsp3) is 0.357. The van der Waals surface area contributed by atoms with Gasteiger partial charge in [0.15, 0.2) is 0 Å². The second-order valence-corrected chi connectivity index (χ2v) is 5.42. The molecule has 0 aliphatic carbocycles. The third kappa shape index (κ3) is 3.56. The minimum Gasteiger partial charge on any atom is -0.378 e. The van der Waals surface area contributed by atoms with Crippen LogP contribution in [-0.2, 0) is 11.8 Å². The summed E-state index contributed by atoms with van der Waals surface area (Å²) in [7, 11) is 1.88. The van der Waals surface area contributed by atoms with Crippen LogP contribution < -0.4 is 4.80 Å². The first-order valence-electron chi connectivity index (χ1n) is 6.81. The number of hydrogen-bond donors (Lipinski definition) is 0. The van der Waals surface area contributed by atoms with Crippen LogP contribution in [0.1, 0.15) is 0 Å². The topological polar surface area (TPSA) is 55.0 Å². The Morgan fingerprint density at radius 3 is 2.67 bits per heavy atom. The molecule has 0 bridgehead atoms. The Hall–Kier alpha value is -1.99. The number of aromatic nitrogens is 2. The molecule has 0 amide bonds. The summed E-state index contributed by atoms with van der Waals surface area (Å²) >= 11 is 1.50. The average molecular weight is 303 g/mol. The second-order valence-electron chi connectivity index (χ2n) is 4.60. The first-order valence-corrected chi connectivity index (χ1v) is 7.69. The number of aliphatic imine (C=N–C) groups is 1. The van der Waals surface area contributed by atoms with E-state index in [4.69, 9.17) is 4.74 Å². The summed E-state index contributed by atoms with van der Waals surface area (Å²) in [5.74, 6) is 0.712. The van der Waals surface area contributed by atoms with Gasteiger partial charge >= 0.3 is 0 Å². The zero-order valence-corrected chi connectivity index (χ0v) is 12.7. The molecule has 7 heteroatoms. The van der Waals surface area contributed by atoms with Gasteiger partial charge in [-0.3, -0.25) is 0 Å². The third-order valence-electron chi connectivity index (χ3n) is 3.13. The lowest BCUT2D eigenvalue weighted by Gasteiger charge is -2.27. The lowest BCUT2D eigenvalue weighted by molar-refractivity contribution is 0.0675. The molecule has 1 aliphatic rings. The van der Waals surface area contributed by atoms with Crippen molar-refractivity contribution in [1.29, 1.82) is 0 Å². The van der Waals surface area contributed by atoms with Crippen molar-refractivity contribution in [3.63, 3.8) is 0 Å². The SMILES string of the molecule is Cn1ncsc1=NC(=Nc1ccccc1)N1CCOCC1. The molecule has 0 radical (unpaired) electrons. The van der Waals surface area contributed by atoms with Crippen molar-refractivity contribution >= 4 is 23.0 Å². The van der Waals surface area contributed by atoms with Crippen LogP contribution in [0, 0.1) is 0 Å². The van der Waals surface area contributed by atoms with E-state index in [9.17, 15) is 0 Å². The molecule has 0 N–H and O–H groups in total. The minimum atomic E-state index is 0.706. The van der Waals surface area contributed by atoms with Crippen LogP contribution in [0.5, 0.6) is 0 Å². The van der Waals surface area contributed by atoms with Gasteiger partial charge in [0, 0.05) is 20.1 Å². The van der Waals surface area contributed by atoms with Crippen LogP contribution in [0.15, 0.2) is 45.8 Å². The maximum Gasteiger partial charge on any atom is 0.228 e. The standard InChI is InChI=1S/C14H17N5OS/c1-18-14(21-11-15-18)17-13(19-7-9-20-10-8-19)16-12-5-3-2-4-6-12/h2-6,11H,7-10H2,1H3. The van der Waals surface area contributed by atoms with Crippen molar-refractivity contribution in [2.45, 2.75) is 0 Å². The van der Waals surface area contributed by atoms with E-state index < -0.39 is 0 Å². The molecule has 2 heterocycles. The molecule has 1 saturated heterocycles. The number of guanidine groups is 1. The highest BCUT2D eigenvalue weighted by molar-refractivity contribution is 7.06. The average Bonchev–Trinajstić information content (AvgIpc) is 2.94. The lowest BCUT2D eigenvalue weighted by Crippen LogP contribution is -2.40. The summed E-state index contributed by atoms with van der Waals surface area (Å²) in [6, 6.07) is 9.88. The van der Waals surface area contributed by atoms with E-state index >= 15 is 0 Å². The molecule has 1 aliphatic heterocycles. The predicted molar refractivity (Wildman–Crippen MR) is 82.6 cm³/mol. The van der Waals surface area contributed by atoms with E-state index in [1.54, 1.807) is 10.2 Å². The normalized spacial score (nSPS) is 17.3. The molecule has 0 spiro atoms. The van der Waals surface area contributed by atoms with Crippen molar-refractivity contribution in [3.05, 3.63) is 40.6 Å². The molecule has 2 aromatic rings. The van der Waals surface area contributed by atoms with Gasteiger partial charge in [0.25, 0.3) is 0 Å². The van der Waals surface area contributed by atoms with Crippen molar-refractivity contribution in [3.8, 4) is 0 Å². The van der Waals surface area contributed by atoms with Gasteiger partial charge in [-0.2, -0.15) is 10.1 Å². The molecule has 3 rings (SSSR count). The maximum absolute atomic E-state index is 5.41. The molecule has 0 unspecified atom stereocenters. The Morgan fingerprint density at radius 1 is 1.24 bits per heavy atom. The fourth-order valence-corrected chi connectivity index (χ4v) is 2.62. The summed E-state index contributed by atoms with van der Waals surface area (Å²) < 4.78 is 7.16. The van der Waals surface area contributed by atoms with Crippen LogP contribution in [-0.4, -0.2) is 46.9 Å². The largest absolute Gasteiger partial charge is 0.378 e. The van der Waals surface area contributed by atoms with Crippen molar-refractivity contribution < 1.29 is 4.74 Å². The molecule has 21 heavy (non-hydrogen) atoms. The Morgan fingerprint density at radius 2 is 2.00 bits per heavy atom. The van der Waals surface area contributed by atoms with E-state index in [1.165, 1.54) is 11.3 Å². The smallest absolute Gasteiger partial charge is 0.228 e. The molecule has 0 saturated carbocycles. The summed E-state index contributed by atoms with van der Waals surface area (Å²) in [5, 5.41) is 4.17. The number of hydrogen-bond acceptors (Lipinski definition) is 4. The summed E-state index contributed by atoms with van der Waals surface area (Å²) in [6.45, 7) is 3.02. The Kier molecular flexibility index (Phi) is 4.42. The number of benzene rings is 1. The van der Waals surface area contributed by atoms with Crippen LogP contribution >= 0.6 is 11.3 Å². The molecule has 110 valence electrons. The molecule has 6 nitrogen and oxygen atoms in total. The zero-order chi connectivity index (χ0) is 14.5. The van der Waals surface area contributed by atoms with Gasteiger partial charge in [0.2, 0.25) is 10.8 Å². The highest BCUT2D eigenvalue weighted by Gasteiger charge is 2.15. The number of morpholine rings is 1. The van der Waals surface area contributed by atoms with Gasteiger partial charge in [-0.15, -0.1) is 0 Å². The van der Waals surface area contributed by atoms with E-state index in [0.29, 0.717) is 19.2 Å². The molecule has 0 atom stereocenters. The van der Waals surface area contributed by atoms with Gasteiger partial charge in [0.1, 0.15) is 5.51 Å². The first-order chi connectivity index (χ1) is 10.3. The van der Waals surface area contributed by atoms with Gasteiger partial charge in [-0.25, -0.2) is 9.67 Å². The van der Waals surface area contributed by atoms with Crippen LogP contribution in [0.4, 0.5) is 5.69 Å².